The summed E-state index contributed by atoms with van der Waals surface area (Å²) in [6, 6.07) is 10.7. The predicted molar refractivity (Wildman–Crippen MR) is 164 cm³/mol. The molecular formula is C30H37ClN6O4S. The van der Waals surface area contributed by atoms with Gasteiger partial charge in [-0.15, -0.1) is 0 Å². The molecule has 3 aromatic rings. The van der Waals surface area contributed by atoms with Gasteiger partial charge in [0.1, 0.15) is 5.69 Å². The van der Waals surface area contributed by atoms with Crippen LogP contribution in [0.4, 0.5) is 5.69 Å². The van der Waals surface area contributed by atoms with Crippen LogP contribution in [-0.2, 0) is 10.0 Å². The van der Waals surface area contributed by atoms with Crippen LogP contribution in [0.25, 0.3) is 5.69 Å². The number of nitrogens with zero attached hydrogens (tertiary/aromatic N) is 5. The van der Waals surface area contributed by atoms with E-state index in [1.807, 2.05) is 35.5 Å². The number of aromatic nitrogens is 3. The monoisotopic (exact) mass is 612 g/mol. The first-order chi connectivity index (χ1) is 20.1. The fourth-order valence-electron chi connectivity index (χ4n) is 5.70. The molecule has 1 saturated heterocycles. The number of nitrogens with two attached hydrogens (primary N) is 1. The summed E-state index contributed by atoms with van der Waals surface area (Å²) in [6.07, 6.45) is 12.4. The first-order valence-corrected chi connectivity index (χ1v) is 16.4. The number of rotatable bonds is 9. The molecule has 224 valence electrons. The Hall–Kier alpha value is -3.12. The van der Waals surface area contributed by atoms with Crippen LogP contribution >= 0.6 is 11.6 Å². The maximum absolute atomic E-state index is 13.6. The Morgan fingerprint density at radius 2 is 1.83 bits per heavy atom. The molecule has 1 saturated carbocycles. The van der Waals surface area contributed by atoms with E-state index in [1.54, 1.807) is 34.8 Å². The zero-order valence-electron chi connectivity index (χ0n) is 23.7. The van der Waals surface area contributed by atoms with Crippen LogP contribution in [0.1, 0.15) is 32.2 Å². The van der Waals surface area contributed by atoms with E-state index in [-0.39, 0.29) is 40.5 Å². The Morgan fingerprint density at radius 3 is 2.52 bits per heavy atom. The average Bonchev–Trinajstić information content (AvgIpc) is 3.46. The molecule has 2 aliphatic carbocycles. The normalized spacial score (nSPS) is 24.1. The summed E-state index contributed by atoms with van der Waals surface area (Å²) in [5, 5.41) is 4.94. The van der Waals surface area contributed by atoms with Crippen molar-refractivity contribution < 1.29 is 13.2 Å². The smallest absolute Gasteiger partial charge is 0.316 e. The van der Waals surface area contributed by atoms with Crippen LogP contribution in [-0.4, -0.2) is 71.7 Å². The maximum atomic E-state index is 13.6. The maximum Gasteiger partial charge on any atom is 0.316 e. The van der Waals surface area contributed by atoms with Crippen molar-refractivity contribution in [2.75, 3.05) is 43.4 Å². The highest BCUT2D eigenvalue weighted by atomic mass is 35.5. The Bertz CT molecular complexity index is 1610. The molecule has 0 spiro atoms. The number of hydrogen-bond acceptors (Lipinski definition) is 7. The molecule has 2 fully saturated rings. The second-order valence-corrected chi connectivity index (χ2v) is 14.4. The Kier molecular flexibility index (Phi) is 7.95. The van der Waals surface area contributed by atoms with Gasteiger partial charge in [-0.1, -0.05) is 36.7 Å². The molecule has 2 N–H and O–H groups in total. The van der Waals surface area contributed by atoms with Gasteiger partial charge in [-0.25, -0.2) is 8.42 Å². The third-order valence-electron chi connectivity index (χ3n) is 8.69. The van der Waals surface area contributed by atoms with Gasteiger partial charge in [-0.3, -0.25) is 4.79 Å². The summed E-state index contributed by atoms with van der Waals surface area (Å²) in [7, 11) is -3.54. The van der Waals surface area contributed by atoms with Crippen LogP contribution in [0.15, 0.2) is 71.9 Å². The Labute approximate surface area is 251 Å². The molecule has 12 heteroatoms. The zero-order valence-corrected chi connectivity index (χ0v) is 25.3. The number of allylic oxidation sites excluding steroid dienone is 1. The molecule has 0 amide bonds. The first kappa shape index (κ1) is 29.0. The summed E-state index contributed by atoms with van der Waals surface area (Å²) in [4.78, 5) is 15.6. The number of ether oxygens (including phenoxy) is 1. The molecule has 1 aliphatic heterocycles. The molecule has 3 unspecified atom stereocenters. The molecular weight excluding hydrogens is 576 g/mol. The van der Waals surface area contributed by atoms with Crippen molar-refractivity contribution in [2.24, 2.45) is 17.1 Å². The van der Waals surface area contributed by atoms with Crippen LogP contribution in [0, 0.1) is 11.3 Å². The minimum Gasteiger partial charge on any atom is -0.486 e. The zero-order chi connectivity index (χ0) is 29.5. The van der Waals surface area contributed by atoms with Crippen molar-refractivity contribution in [3.63, 3.8) is 0 Å². The lowest BCUT2D eigenvalue weighted by Gasteiger charge is -2.37. The van der Waals surface area contributed by atoms with Crippen molar-refractivity contribution in [1.29, 1.82) is 0 Å². The molecule has 0 radical (unpaired) electrons. The molecule has 42 heavy (non-hydrogen) atoms. The third kappa shape index (κ3) is 6.15. The summed E-state index contributed by atoms with van der Waals surface area (Å²) >= 11 is 6.17. The van der Waals surface area contributed by atoms with E-state index in [2.05, 4.69) is 22.7 Å². The standard InChI is InChI=1S/C30H37ClN6O4S/c1-30(9-10-30)21-41-28-27(19-33-37(29(28)38)25-6-4-5-23(31)18-25)35-13-15-36(16-14-35)42(39,40)20-22-17-24(7-8-26(22)32)34-11-2-3-12-34/h2-8,11-12,18-19,22,24,26H,9-10,13-17,20-21,32H2,1H3. The van der Waals surface area contributed by atoms with E-state index in [0.29, 0.717) is 55.6 Å². The number of benzene rings is 1. The van der Waals surface area contributed by atoms with Gasteiger partial charge >= 0.3 is 5.56 Å². The van der Waals surface area contributed by atoms with Crippen molar-refractivity contribution in [3.8, 4) is 11.4 Å². The van der Waals surface area contributed by atoms with Gasteiger partial charge in [0.2, 0.25) is 15.8 Å². The quantitative estimate of drug-likeness (QED) is 0.368. The SMILES string of the molecule is CC1(COc2c(N3CCN(S(=O)(=O)CC4CC(n5cccc5)C=CC4N)CC3)cnn(-c3cccc(Cl)c3)c2=O)CC1. The molecule has 3 atom stereocenters. The minimum atomic E-state index is -3.54. The van der Waals surface area contributed by atoms with Gasteiger partial charge in [0.05, 0.1) is 30.3 Å². The van der Waals surface area contributed by atoms with Gasteiger partial charge < -0.3 is 19.9 Å². The lowest BCUT2D eigenvalue weighted by molar-refractivity contribution is 0.242. The summed E-state index contributed by atoms with van der Waals surface area (Å²) in [6.45, 7) is 4.01. The minimum absolute atomic E-state index is 0.000451. The van der Waals surface area contributed by atoms with Gasteiger partial charge in [-0.2, -0.15) is 14.1 Å². The Morgan fingerprint density at radius 1 is 1.10 bits per heavy atom. The van der Waals surface area contributed by atoms with E-state index >= 15 is 0 Å². The fourth-order valence-corrected chi connectivity index (χ4v) is 7.71. The van der Waals surface area contributed by atoms with Crippen molar-refractivity contribution in [3.05, 3.63) is 82.5 Å². The molecule has 0 bridgehead atoms. The molecule has 10 nitrogen and oxygen atoms in total. The van der Waals surface area contributed by atoms with Gasteiger partial charge in [0.15, 0.2) is 0 Å². The molecule has 6 rings (SSSR count). The largest absolute Gasteiger partial charge is 0.486 e. The first-order valence-electron chi connectivity index (χ1n) is 14.4. The number of anilines is 1. The topological polar surface area (TPSA) is 116 Å². The van der Waals surface area contributed by atoms with Gasteiger partial charge in [-0.05, 0) is 55.5 Å². The van der Waals surface area contributed by atoms with Crippen molar-refractivity contribution in [1.82, 2.24) is 18.7 Å². The number of halogens is 1. The number of piperazine rings is 1. The van der Waals surface area contributed by atoms with Crippen LogP contribution in [0.3, 0.4) is 0 Å². The highest BCUT2D eigenvalue weighted by molar-refractivity contribution is 7.89. The Balaban J connectivity index is 1.17. The number of hydrogen-bond donors (Lipinski definition) is 1. The second-order valence-electron chi connectivity index (χ2n) is 12.0. The molecule has 3 heterocycles. The van der Waals surface area contributed by atoms with E-state index in [0.717, 1.165) is 12.8 Å². The highest BCUT2D eigenvalue weighted by Gasteiger charge is 2.39. The van der Waals surface area contributed by atoms with Crippen LogP contribution < -0.4 is 20.9 Å². The van der Waals surface area contributed by atoms with E-state index in [4.69, 9.17) is 22.1 Å². The third-order valence-corrected chi connectivity index (χ3v) is 10.9. The van der Waals surface area contributed by atoms with Crippen molar-refractivity contribution in [2.45, 2.75) is 38.3 Å². The summed E-state index contributed by atoms with van der Waals surface area (Å²) in [5.41, 5.74) is 7.16. The molecule has 2 aromatic heterocycles. The van der Waals surface area contributed by atoms with Gasteiger partial charge in [0, 0.05) is 55.1 Å². The number of sulfonamides is 1. The van der Waals surface area contributed by atoms with E-state index < -0.39 is 10.0 Å². The van der Waals surface area contributed by atoms with Crippen LogP contribution in [0.2, 0.25) is 5.02 Å². The molecule has 1 aromatic carbocycles. The average molecular weight is 613 g/mol. The molecule has 3 aliphatic rings. The van der Waals surface area contributed by atoms with E-state index in [1.165, 1.54) is 4.68 Å². The van der Waals surface area contributed by atoms with E-state index in [9.17, 15) is 13.2 Å². The second kappa shape index (κ2) is 11.5. The van der Waals surface area contributed by atoms with Gasteiger partial charge in [0.25, 0.3) is 0 Å². The summed E-state index contributed by atoms with van der Waals surface area (Å²) < 4.78 is 38.2. The fraction of sp³-hybridized carbons (Fsp3) is 0.467. The van der Waals surface area contributed by atoms with Crippen LogP contribution in [0.5, 0.6) is 5.75 Å². The summed E-state index contributed by atoms with van der Waals surface area (Å²) in [5.74, 6) is 0.0448. The lowest BCUT2D eigenvalue weighted by Crippen LogP contribution is -2.51. The highest BCUT2D eigenvalue weighted by Crippen LogP contribution is 2.45. The van der Waals surface area contributed by atoms with Crippen molar-refractivity contribution >= 4 is 27.3 Å². The lowest BCUT2D eigenvalue weighted by atomic mass is 9.88. The predicted octanol–water partition coefficient (Wildman–Crippen LogP) is 3.46.